The van der Waals surface area contributed by atoms with Crippen molar-refractivity contribution in [1.29, 1.82) is 0 Å². The molecule has 0 heterocycles. The molecule has 0 saturated carbocycles. The van der Waals surface area contributed by atoms with E-state index in [2.05, 4.69) is 0 Å². The summed E-state index contributed by atoms with van der Waals surface area (Å²) in [7, 11) is 0. The Labute approximate surface area is 77.8 Å². The number of benzene rings is 1. The Hall–Kier alpha value is -1.57. The SMILES string of the molecule is C/C=C(/Oc1ccccc1)C(C)=O. The molecule has 1 aromatic rings. The summed E-state index contributed by atoms with van der Waals surface area (Å²) in [6, 6.07) is 9.25. The van der Waals surface area contributed by atoms with Crippen LogP contribution < -0.4 is 4.74 Å². The third-order valence-corrected chi connectivity index (χ3v) is 1.58. The zero-order valence-corrected chi connectivity index (χ0v) is 7.78. The number of para-hydroxylation sites is 1. The maximum Gasteiger partial charge on any atom is 0.194 e. The smallest absolute Gasteiger partial charge is 0.194 e. The molecule has 0 fully saturated rings. The van der Waals surface area contributed by atoms with Gasteiger partial charge < -0.3 is 4.74 Å². The van der Waals surface area contributed by atoms with Gasteiger partial charge in [0.1, 0.15) is 5.75 Å². The van der Waals surface area contributed by atoms with Gasteiger partial charge in [0.15, 0.2) is 11.5 Å². The van der Waals surface area contributed by atoms with Crippen molar-refractivity contribution in [3.8, 4) is 5.75 Å². The molecule has 1 rings (SSSR count). The lowest BCUT2D eigenvalue weighted by Gasteiger charge is -2.05. The minimum Gasteiger partial charge on any atom is -0.454 e. The van der Waals surface area contributed by atoms with Gasteiger partial charge in [0, 0.05) is 6.92 Å². The highest BCUT2D eigenvalue weighted by Gasteiger charge is 2.03. The molecule has 68 valence electrons. The summed E-state index contributed by atoms with van der Waals surface area (Å²) < 4.78 is 5.34. The van der Waals surface area contributed by atoms with Crippen molar-refractivity contribution in [3.63, 3.8) is 0 Å². The third-order valence-electron chi connectivity index (χ3n) is 1.58. The highest BCUT2D eigenvalue weighted by atomic mass is 16.5. The Morgan fingerprint density at radius 3 is 2.38 bits per heavy atom. The lowest BCUT2D eigenvalue weighted by Crippen LogP contribution is -2.03. The number of hydrogen-bond acceptors (Lipinski definition) is 2. The molecule has 0 amide bonds. The topological polar surface area (TPSA) is 26.3 Å². The Bertz CT molecular complexity index is 312. The van der Waals surface area contributed by atoms with Gasteiger partial charge in [-0.15, -0.1) is 0 Å². The number of ether oxygens (including phenoxy) is 1. The van der Waals surface area contributed by atoms with Crippen molar-refractivity contribution in [2.45, 2.75) is 13.8 Å². The fourth-order valence-corrected chi connectivity index (χ4v) is 0.950. The number of allylic oxidation sites excluding steroid dienone is 2. The van der Waals surface area contributed by atoms with E-state index in [1.807, 2.05) is 30.3 Å². The molecule has 2 heteroatoms. The molecular formula is C11H12O2. The molecule has 0 unspecified atom stereocenters. The van der Waals surface area contributed by atoms with E-state index in [0.717, 1.165) is 0 Å². The molecule has 0 bridgehead atoms. The summed E-state index contributed by atoms with van der Waals surface area (Å²) in [5.41, 5.74) is 0. The second-order valence-corrected chi connectivity index (χ2v) is 2.62. The summed E-state index contributed by atoms with van der Waals surface area (Å²) in [5.74, 6) is 1.00. The van der Waals surface area contributed by atoms with Crippen molar-refractivity contribution in [2.24, 2.45) is 0 Å². The van der Waals surface area contributed by atoms with Crippen molar-refractivity contribution in [1.82, 2.24) is 0 Å². The van der Waals surface area contributed by atoms with E-state index in [1.54, 1.807) is 13.0 Å². The van der Waals surface area contributed by atoms with E-state index in [-0.39, 0.29) is 5.78 Å². The van der Waals surface area contributed by atoms with Crippen LogP contribution in [0.25, 0.3) is 0 Å². The Balaban J connectivity index is 2.74. The summed E-state index contributed by atoms with van der Waals surface area (Å²) >= 11 is 0. The number of rotatable bonds is 3. The predicted octanol–water partition coefficient (Wildman–Crippen LogP) is 2.56. The first-order chi connectivity index (χ1) is 6.24. The van der Waals surface area contributed by atoms with E-state index in [0.29, 0.717) is 11.5 Å². The van der Waals surface area contributed by atoms with Gasteiger partial charge in [-0.25, -0.2) is 0 Å². The van der Waals surface area contributed by atoms with Crippen molar-refractivity contribution >= 4 is 5.78 Å². The molecule has 1 aromatic carbocycles. The van der Waals surface area contributed by atoms with Gasteiger partial charge in [-0.2, -0.15) is 0 Å². The molecular weight excluding hydrogens is 164 g/mol. The van der Waals surface area contributed by atoms with Crippen LogP contribution in [-0.2, 0) is 4.79 Å². The van der Waals surface area contributed by atoms with E-state index in [4.69, 9.17) is 4.74 Å². The van der Waals surface area contributed by atoms with Gasteiger partial charge in [-0.05, 0) is 25.1 Å². The van der Waals surface area contributed by atoms with Crippen molar-refractivity contribution in [2.75, 3.05) is 0 Å². The van der Waals surface area contributed by atoms with Crippen LogP contribution in [0.2, 0.25) is 0 Å². The van der Waals surface area contributed by atoms with Crippen LogP contribution in [0.4, 0.5) is 0 Å². The van der Waals surface area contributed by atoms with Crippen LogP contribution in [0.3, 0.4) is 0 Å². The number of hydrogen-bond donors (Lipinski definition) is 0. The molecule has 0 aliphatic carbocycles. The fourth-order valence-electron chi connectivity index (χ4n) is 0.950. The largest absolute Gasteiger partial charge is 0.454 e. The van der Waals surface area contributed by atoms with Crippen molar-refractivity contribution < 1.29 is 9.53 Å². The molecule has 13 heavy (non-hydrogen) atoms. The van der Waals surface area contributed by atoms with Crippen LogP contribution in [0.15, 0.2) is 42.2 Å². The second kappa shape index (κ2) is 4.45. The van der Waals surface area contributed by atoms with E-state index in [9.17, 15) is 4.79 Å². The van der Waals surface area contributed by atoms with E-state index < -0.39 is 0 Å². The van der Waals surface area contributed by atoms with Gasteiger partial charge in [0.05, 0.1) is 0 Å². The Kier molecular flexibility index (Phi) is 3.26. The fraction of sp³-hybridized carbons (Fsp3) is 0.182. The van der Waals surface area contributed by atoms with Crippen LogP contribution in [0.5, 0.6) is 5.75 Å². The standard InChI is InChI=1S/C11H12O2/c1-3-11(9(2)12)13-10-7-5-4-6-8-10/h3-8H,1-2H3/b11-3+. The van der Waals surface area contributed by atoms with E-state index in [1.165, 1.54) is 6.92 Å². The highest BCUT2D eigenvalue weighted by Crippen LogP contribution is 2.12. The Morgan fingerprint density at radius 1 is 1.31 bits per heavy atom. The van der Waals surface area contributed by atoms with Gasteiger partial charge in [-0.1, -0.05) is 18.2 Å². The van der Waals surface area contributed by atoms with Crippen LogP contribution in [-0.4, -0.2) is 5.78 Å². The lowest BCUT2D eigenvalue weighted by atomic mass is 10.3. The Morgan fingerprint density at radius 2 is 1.92 bits per heavy atom. The van der Waals surface area contributed by atoms with Crippen LogP contribution in [0, 0.1) is 0 Å². The van der Waals surface area contributed by atoms with Gasteiger partial charge in [-0.3, -0.25) is 4.79 Å². The molecule has 0 atom stereocenters. The zero-order valence-electron chi connectivity index (χ0n) is 7.78. The number of ketones is 1. The number of carbonyl (C=O) groups excluding carboxylic acids is 1. The molecule has 0 radical (unpaired) electrons. The molecule has 0 aromatic heterocycles. The number of carbonyl (C=O) groups is 1. The number of Topliss-reactive ketones (excluding diaryl/α,β-unsaturated/α-hetero) is 1. The van der Waals surface area contributed by atoms with Crippen LogP contribution >= 0.6 is 0 Å². The van der Waals surface area contributed by atoms with Gasteiger partial charge >= 0.3 is 0 Å². The molecule has 0 aliphatic rings. The third kappa shape index (κ3) is 2.75. The van der Waals surface area contributed by atoms with Gasteiger partial charge in [0.2, 0.25) is 0 Å². The average molecular weight is 176 g/mol. The summed E-state index contributed by atoms with van der Waals surface area (Å²) in [5, 5.41) is 0. The maximum absolute atomic E-state index is 11.0. The zero-order chi connectivity index (χ0) is 9.68. The minimum absolute atomic E-state index is 0.0636. The molecule has 2 nitrogen and oxygen atoms in total. The average Bonchev–Trinajstić information content (AvgIpc) is 2.15. The first-order valence-corrected chi connectivity index (χ1v) is 4.14. The second-order valence-electron chi connectivity index (χ2n) is 2.62. The summed E-state index contributed by atoms with van der Waals surface area (Å²) in [6.07, 6.45) is 1.66. The lowest BCUT2D eigenvalue weighted by molar-refractivity contribution is -0.115. The summed E-state index contributed by atoms with van der Waals surface area (Å²) in [6.45, 7) is 3.26. The van der Waals surface area contributed by atoms with Crippen molar-refractivity contribution in [3.05, 3.63) is 42.2 Å². The van der Waals surface area contributed by atoms with Gasteiger partial charge in [0.25, 0.3) is 0 Å². The van der Waals surface area contributed by atoms with E-state index >= 15 is 0 Å². The van der Waals surface area contributed by atoms with Crippen LogP contribution in [0.1, 0.15) is 13.8 Å². The molecule has 0 spiro atoms. The first kappa shape index (κ1) is 9.52. The quantitative estimate of drug-likeness (QED) is 0.522. The maximum atomic E-state index is 11.0. The summed E-state index contributed by atoms with van der Waals surface area (Å²) in [4.78, 5) is 11.0. The predicted molar refractivity (Wildman–Crippen MR) is 51.5 cm³/mol. The highest BCUT2D eigenvalue weighted by molar-refractivity contribution is 5.91. The monoisotopic (exact) mass is 176 g/mol. The molecule has 0 N–H and O–H groups in total. The molecule has 0 saturated heterocycles. The minimum atomic E-state index is -0.0636. The first-order valence-electron chi connectivity index (χ1n) is 4.14. The molecule has 0 aliphatic heterocycles. The normalized spacial score (nSPS) is 11.1.